The zero-order valence-corrected chi connectivity index (χ0v) is 13.3. The summed E-state index contributed by atoms with van der Waals surface area (Å²) in [7, 11) is 0. The molecule has 2 nitrogen and oxygen atoms in total. The molecule has 1 fully saturated rings. The molecule has 3 heteroatoms. The van der Waals surface area contributed by atoms with E-state index in [1.165, 1.54) is 44.1 Å². The summed E-state index contributed by atoms with van der Waals surface area (Å²) in [5, 5.41) is 11.4. The van der Waals surface area contributed by atoms with E-state index in [1.54, 1.807) is 23.0 Å². The Balaban J connectivity index is 0.000000272. The third kappa shape index (κ3) is 5.98. The first-order chi connectivity index (χ1) is 10.4. The number of aliphatic hydroxyl groups is 1. The third-order valence-corrected chi connectivity index (χ3v) is 4.70. The monoisotopic (exact) mass is 303 g/mol. The van der Waals surface area contributed by atoms with Gasteiger partial charge in [-0.05, 0) is 17.9 Å². The molecule has 21 heavy (non-hydrogen) atoms. The van der Waals surface area contributed by atoms with Gasteiger partial charge in [0.1, 0.15) is 0 Å². The van der Waals surface area contributed by atoms with E-state index in [1.807, 2.05) is 11.4 Å². The van der Waals surface area contributed by atoms with Crippen molar-refractivity contribution in [2.24, 2.45) is 5.92 Å². The van der Waals surface area contributed by atoms with E-state index in [9.17, 15) is 5.11 Å². The minimum atomic E-state index is 0.292. The van der Waals surface area contributed by atoms with Crippen LogP contribution in [0.4, 0.5) is 0 Å². The number of benzene rings is 1. The maximum atomic E-state index is 9.51. The highest BCUT2D eigenvalue weighted by atomic mass is 32.1. The van der Waals surface area contributed by atoms with Crippen molar-refractivity contribution in [3.63, 3.8) is 0 Å². The zero-order chi connectivity index (χ0) is 14.8. The van der Waals surface area contributed by atoms with Crippen LogP contribution >= 0.6 is 11.3 Å². The van der Waals surface area contributed by atoms with Gasteiger partial charge in [0.2, 0.25) is 0 Å². The molecule has 0 saturated heterocycles. The maximum Gasteiger partial charge on any atom is 0.0791 e. The molecule has 1 aromatic carbocycles. The van der Waals surface area contributed by atoms with Crippen LogP contribution in [-0.4, -0.2) is 16.7 Å². The molecule has 1 heterocycles. The molecule has 1 unspecified atom stereocenters. The highest BCUT2D eigenvalue weighted by Crippen LogP contribution is 2.32. The molecule has 1 aliphatic rings. The van der Waals surface area contributed by atoms with Gasteiger partial charge >= 0.3 is 0 Å². The maximum absolute atomic E-state index is 9.51. The fourth-order valence-electron chi connectivity index (χ4n) is 3.04. The number of thiazole rings is 1. The first kappa shape index (κ1) is 16.2. The van der Waals surface area contributed by atoms with E-state index in [2.05, 4.69) is 29.2 Å². The van der Waals surface area contributed by atoms with Gasteiger partial charge in [-0.25, -0.2) is 0 Å². The highest BCUT2D eigenvalue weighted by Gasteiger charge is 2.19. The highest BCUT2D eigenvalue weighted by molar-refractivity contribution is 7.07. The lowest BCUT2D eigenvalue weighted by Crippen LogP contribution is -2.13. The van der Waals surface area contributed by atoms with Crippen molar-refractivity contribution >= 4 is 11.3 Å². The van der Waals surface area contributed by atoms with Gasteiger partial charge in [-0.2, -0.15) is 0 Å². The van der Waals surface area contributed by atoms with Crippen molar-refractivity contribution in [1.29, 1.82) is 0 Å². The van der Waals surface area contributed by atoms with Crippen molar-refractivity contribution in [1.82, 2.24) is 4.98 Å². The van der Waals surface area contributed by atoms with Crippen LogP contribution in [-0.2, 0) is 0 Å². The van der Waals surface area contributed by atoms with Crippen LogP contribution in [0.25, 0.3) is 0 Å². The van der Waals surface area contributed by atoms with E-state index in [4.69, 9.17) is 0 Å². The molecule has 1 saturated carbocycles. The van der Waals surface area contributed by atoms with E-state index >= 15 is 0 Å². The Morgan fingerprint density at radius 3 is 2.43 bits per heavy atom. The summed E-state index contributed by atoms with van der Waals surface area (Å²) in [5.41, 5.74) is 3.09. The number of rotatable bonds is 4. The largest absolute Gasteiger partial charge is 0.396 e. The number of hydrogen-bond donors (Lipinski definition) is 1. The van der Waals surface area contributed by atoms with Crippen molar-refractivity contribution in [3.8, 4) is 0 Å². The molecule has 114 valence electrons. The van der Waals surface area contributed by atoms with Crippen LogP contribution in [0.5, 0.6) is 0 Å². The molecule has 1 aromatic heterocycles. The lowest BCUT2D eigenvalue weighted by Gasteiger charge is -2.25. The molecular formula is C18H25NOS. The van der Waals surface area contributed by atoms with Crippen LogP contribution in [0.3, 0.4) is 0 Å². The smallest absolute Gasteiger partial charge is 0.0791 e. The minimum absolute atomic E-state index is 0.292. The normalized spacial score (nSPS) is 16.8. The van der Waals surface area contributed by atoms with Gasteiger partial charge in [-0.1, -0.05) is 62.4 Å². The molecule has 0 spiro atoms. The predicted octanol–water partition coefficient (Wildman–Crippen LogP) is 4.88. The zero-order valence-electron chi connectivity index (χ0n) is 12.5. The molecule has 1 atom stereocenters. The second-order valence-corrected chi connectivity index (χ2v) is 6.46. The van der Waals surface area contributed by atoms with Gasteiger partial charge in [-0.3, -0.25) is 4.98 Å². The Kier molecular flexibility index (Phi) is 7.47. The van der Waals surface area contributed by atoms with Crippen molar-refractivity contribution < 1.29 is 5.11 Å². The number of nitrogens with zero attached hydrogens (tertiary/aromatic N) is 1. The topological polar surface area (TPSA) is 33.1 Å². The van der Waals surface area contributed by atoms with Crippen molar-refractivity contribution in [3.05, 3.63) is 53.0 Å². The van der Waals surface area contributed by atoms with Gasteiger partial charge in [0, 0.05) is 24.1 Å². The number of hydrogen-bond acceptors (Lipinski definition) is 3. The van der Waals surface area contributed by atoms with Gasteiger partial charge in [0.15, 0.2) is 0 Å². The molecule has 0 bridgehead atoms. The Morgan fingerprint density at radius 1 is 1.14 bits per heavy atom. The number of aliphatic hydroxyl groups excluding tert-OH is 1. The quantitative estimate of drug-likeness (QED) is 0.873. The molecule has 0 amide bonds. The molecule has 1 aliphatic carbocycles. The van der Waals surface area contributed by atoms with Gasteiger partial charge < -0.3 is 5.11 Å². The van der Waals surface area contributed by atoms with E-state index in [0.717, 1.165) is 5.92 Å². The predicted molar refractivity (Wildman–Crippen MR) is 89.6 cm³/mol. The van der Waals surface area contributed by atoms with E-state index < -0.39 is 0 Å². The van der Waals surface area contributed by atoms with E-state index in [0.29, 0.717) is 12.5 Å². The lowest BCUT2D eigenvalue weighted by atomic mass is 9.81. The average Bonchev–Trinajstić information content (AvgIpc) is 3.14. The Morgan fingerprint density at radius 2 is 1.90 bits per heavy atom. The Labute approximate surface area is 131 Å². The molecule has 1 N–H and O–H groups in total. The minimum Gasteiger partial charge on any atom is -0.396 e. The first-order valence-electron chi connectivity index (χ1n) is 7.88. The van der Waals surface area contributed by atoms with Crippen molar-refractivity contribution in [2.75, 3.05) is 6.61 Å². The number of aromatic nitrogens is 1. The second kappa shape index (κ2) is 9.69. The summed E-state index contributed by atoms with van der Waals surface area (Å²) in [4.78, 5) is 3.74. The fraction of sp³-hybridized carbons (Fsp3) is 0.500. The Bertz CT molecular complexity index is 434. The molecule has 0 aliphatic heterocycles. The second-order valence-electron chi connectivity index (χ2n) is 5.71. The summed E-state index contributed by atoms with van der Waals surface area (Å²) in [5.74, 6) is 1.19. The molecular weight excluding hydrogens is 278 g/mol. The van der Waals surface area contributed by atoms with Crippen LogP contribution in [0.15, 0.2) is 47.4 Å². The summed E-state index contributed by atoms with van der Waals surface area (Å²) in [6.07, 6.45) is 9.85. The summed E-state index contributed by atoms with van der Waals surface area (Å²) >= 11 is 1.60. The van der Waals surface area contributed by atoms with Crippen LogP contribution in [0, 0.1) is 5.92 Å². The van der Waals surface area contributed by atoms with Crippen LogP contribution in [0.1, 0.15) is 50.0 Å². The van der Waals surface area contributed by atoms with Gasteiger partial charge in [0.05, 0.1) is 5.51 Å². The Hall–Kier alpha value is -1.19. The summed E-state index contributed by atoms with van der Waals surface area (Å²) in [6.45, 7) is 0.292. The fourth-order valence-corrected chi connectivity index (χ4v) is 3.39. The lowest BCUT2D eigenvalue weighted by molar-refractivity contribution is 0.226. The van der Waals surface area contributed by atoms with Crippen LogP contribution < -0.4 is 0 Å². The van der Waals surface area contributed by atoms with Crippen LogP contribution in [0.2, 0.25) is 0 Å². The van der Waals surface area contributed by atoms with Gasteiger partial charge in [0.25, 0.3) is 0 Å². The molecule has 0 radical (unpaired) electrons. The summed E-state index contributed by atoms with van der Waals surface area (Å²) in [6, 6.07) is 10.5. The summed E-state index contributed by atoms with van der Waals surface area (Å²) < 4.78 is 0. The van der Waals surface area contributed by atoms with Crippen molar-refractivity contribution in [2.45, 2.75) is 44.4 Å². The average molecular weight is 303 g/mol. The molecule has 2 aromatic rings. The standard InChI is InChI=1S/C15H22O.C3H3NS/c16-12-15(14-9-5-2-6-10-14)11-13-7-3-1-4-8-13;1-2-5-3-4-1/h2,5-6,9-10,13,15-16H,1,3-4,7-8,11-12H2;1-3H. The van der Waals surface area contributed by atoms with Gasteiger partial charge in [-0.15, -0.1) is 11.3 Å². The van der Waals surface area contributed by atoms with E-state index in [-0.39, 0.29) is 0 Å². The third-order valence-electron chi connectivity index (χ3n) is 4.18. The first-order valence-corrected chi connectivity index (χ1v) is 8.82. The molecule has 3 rings (SSSR count). The SMILES string of the molecule is OCC(CC1CCCCC1)c1ccccc1.c1cscn1.